The molecule has 0 bridgehead atoms. The number of anilines is 1. The van der Waals surface area contributed by atoms with Crippen LogP contribution >= 0.6 is 15.9 Å². The maximum absolute atomic E-state index is 12.2. The minimum absolute atomic E-state index is 0.279. The summed E-state index contributed by atoms with van der Waals surface area (Å²) in [7, 11) is 3.01. The van der Waals surface area contributed by atoms with Crippen LogP contribution in [-0.4, -0.2) is 32.2 Å². The molecule has 0 heterocycles. The second-order valence-corrected chi connectivity index (χ2v) is 8.20. The molecule has 2 amide bonds. The molecule has 0 radical (unpaired) electrons. The molecule has 9 nitrogen and oxygen atoms in total. The molecule has 0 spiro atoms. The van der Waals surface area contributed by atoms with Gasteiger partial charge in [0, 0.05) is 0 Å². The van der Waals surface area contributed by atoms with Gasteiger partial charge in [0.2, 0.25) is 11.8 Å². The van der Waals surface area contributed by atoms with Crippen molar-refractivity contribution in [2.75, 3.05) is 19.5 Å². The third-order valence-electron chi connectivity index (χ3n) is 4.82. The van der Waals surface area contributed by atoms with Crippen molar-refractivity contribution in [1.29, 1.82) is 5.26 Å². The van der Waals surface area contributed by atoms with E-state index in [0.717, 1.165) is 5.56 Å². The fourth-order valence-electron chi connectivity index (χ4n) is 3.09. The number of hydrogen-bond acceptors (Lipinski definition) is 7. The van der Waals surface area contributed by atoms with Gasteiger partial charge in [0.05, 0.1) is 42.2 Å². The number of para-hydroxylation sites is 2. The van der Waals surface area contributed by atoms with Gasteiger partial charge in [-0.2, -0.15) is 10.4 Å². The number of nitrogens with zero attached hydrogens (tertiary/aromatic N) is 2. The molecule has 0 saturated heterocycles. The van der Waals surface area contributed by atoms with Gasteiger partial charge in [-0.1, -0.05) is 24.3 Å². The lowest BCUT2D eigenvalue weighted by molar-refractivity contribution is -0.126. The number of ether oxygens (including phenoxy) is 3. The Morgan fingerprint density at radius 1 is 1.03 bits per heavy atom. The Bertz CT molecular complexity index is 1300. The van der Waals surface area contributed by atoms with Crippen LogP contribution in [0.3, 0.4) is 0 Å². The van der Waals surface area contributed by atoms with Crippen LogP contribution in [0, 0.1) is 11.3 Å². The molecule has 0 fully saturated rings. The summed E-state index contributed by atoms with van der Waals surface area (Å²) in [5.74, 6) is 0.374. The van der Waals surface area contributed by atoms with Gasteiger partial charge in [0.25, 0.3) is 0 Å². The molecule has 0 saturated carbocycles. The third-order valence-corrected chi connectivity index (χ3v) is 5.41. The molecule has 184 valence electrons. The second-order valence-electron chi connectivity index (χ2n) is 7.35. The molecule has 2 N–H and O–H groups in total. The summed E-state index contributed by atoms with van der Waals surface area (Å²) >= 11 is 3.47. The van der Waals surface area contributed by atoms with Crippen molar-refractivity contribution >= 4 is 39.6 Å². The van der Waals surface area contributed by atoms with Gasteiger partial charge in [-0.25, -0.2) is 5.43 Å². The van der Waals surface area contributed by atoms with E-state index in [1.165, 1.54) is 20.4 Å². The number of hydrazone groups is 1. The van der Waals surface area contributed by atoms with E-state index in [4.69, 9.17) is 19.5 Å². The van der Waals surface area contributed by atoms with Crippen LogP contribution in [0.1, 0.15) is 23.1 Å². The Morgan fingerprint density at radius 2 is 1.75 bits per heavy atom. The quantitative estimate of drug-likeness (QED) is 0.219. The number of halogens is 1. The maximum Gasteiger partial charge on any atom is 0.249 e. The van der Waals surface area contributed by atoms with Crippen molar-refractivity contribution < 1.29 is 23.8 Å². The van der Waals surface area contributed by atoms with Gasteiger partial charge in [-0.05, 0) is 63.5 Å². The second kappa shape index (κ2) is 12.9. The summed E-state index contributed by atoms with van der Waals surface area (Å²) in [6, 6.07) is 19.5. The van der Waals surface area contributed by atoms with Crippen LogP contribution in [0.2, 0.25) is 0 Å². The number of methoxy groups -OCH3 is 2. The fraction of sp³-hybridized carbons (Fsp3) is 0.154. The molecular formula is C26H23BrN4O5. The van der Waals surface area contributed by atoms with Gasteiger partial charge in [0.15, 0.2) is 11.5 Å². The van der Waals surface area contributed by atoms with Crippen molar-refractivity contribution in [2.24, 2.45) is 5.10 Å². The van der Waals surface area contributed by atoms with Gasteiger partial charge in [-0.15, -0.1) is 0 Å². The van der Waals surface area contributed by atoms with Gasteiger partial charge in [0.1, 0.15) is 18.8 Å². The van der Waals surface area contributed by atoms with Crippen LogP contribution in [0.15, 0.2) is 70.2 Å². The third kappa shape index (κ3) is 7.32. The number of nitriles is 1. The zero-order chi connectivity index (χ0) is 25.9. The van der Waals surface area contributed by atoms with E-state index in [1.54, 1.807) is 48.5 Å². The average molecular weight is 551 g/mol. The molecule has 36 heavy (non-hydrogen) atoms. The summed E-state index contributed by atoms with van der Waals surface area (Å²) in [6.07, 6.45) is 1.01. The van der Waals surface area contributed by atoms with Crippen LogP contribution in [0.4, 0.5) is 5.69 Å². The SMILES string of the molecule is COc1ccccc1NC(=O)CC(=O)NN=Cc1cc(Br)c(OCc2ccc(C#N)cc2)c(OC)c1. The maximum atomic E-state index is 12.2. The minimum atomic E-state index is -0.577. The molecule has 0 atom stereocenters. The summed E-state index contributed by atoms with van der Waals surface area (Å²) in [4.78, 5) is 24.3. The number of amides is 2. The summed E-state index contributed by atoms with van der Waals surface area (Å²) in [5.41, 5.74) is 4.90. The predicted octanol–water partition coefficient (Wildman–Crippen LogP) is 4.40. The highest BCUT2D eigenvalue weighted by Gasteiger charge is 2.13. The van der Waals surface area contributed by atoms with Crippen molar-refractivity contribution in [2.45, 2.75) is 13.0 Å². The molecule has 3 rings (SSSR count). The zero-order valence-electron chi connectivity index (χ0n) is 19.6. The number of hydrogen-bond donors (Lipinski definition) is 2. The lowest BCUT2D eigenvalue weighted by Gasteiger charge is -2.13. The summed E-state index contributed by atoms with van der Waals surface area (Å²) in [6.45, 7) is 0.279. The van der Waals surface area contributed by atoms with E-state index in [2.05, 4.69) is 37.8 Å². The van der Waals surface area contributed by atoms with E-state index in [-0.39, 0.29) is 6.61 Å². The molecule has 0 aliphatic rings. The average Bonchev–Trinajstić information content (AvgIpc) is 2.88. The number of benzene rings is 3. The van der Waals surface area contributed by atoms with Crippen LogP contribution in [-0.2, 0) is 16.2 Å². The lowest BCUT2D eigenvalue weighted by Crippen LogP contribution is -2.24. The lowest BCUT2D eigenvalue weighted by atomic mass is 10.1. The van der Waals surface area contributed by atoms with E-state index >= 15 is 0 Å². The highest BCUT2D eigenvalue weighted by atomic mass is 79.9. The number of nitrogens with one attached hydrogen (secondary N) is 2. The first-order valence-corrected chi connectivity index (χ1v) is 11.5. The summed E-state index contributed by atoms with van der Waals surface area (Å²) in [5, 5.41) is 15.5. The Kier molecular flexibility index (Phi) is 9.42. The normalized spacial score (nSPS) is 10.4. The number of carbonyl (C=O) groups is 2. The van der Waals surface area contributed by atoms with Crippen molar-refractivity contribution in [1.82, 2.24) is 5.43 Å². The molecule has 3 aromatic carbocycles. The van der Waals surface area contributed by atoms with Gasteiger partial charge >= 0.3 is 0 Å². The fourth-order valence-corrected chi connectivity index (χ4v) is 3.67. The van der Waals surface area contributed by atoms with Crippen LogP contribution < -0.4 is 25.0 Å². The Labute approximate surface area is 216 Å². The molecule has 0 aromatic heterocycles. The molecule has 3 aromatic rings. The zero-order valence-corrected chi connectivity index (χ0v) is 21.2. The molecule has 0 aliphatic heterocycles. The van der Waals surface area contributed by atoms with Crippen LogP contribution in [0.25, 0.3) is 0 Å². The first kappa shape index (κ1) is 26.2. The molecule has 10 heteroatoms. The highest BCUT2D eigenvalue weighted by Crippen LogP contribution is 2.36. The number of carbonyl (C=O) groups excluding carboxylic acids is 2. The minimum Gasteiger partial charge on any atom is -0.495 e. The molecule has 0 unspecified atom stereocenters. The van der Waals surface area contributed by atoms with Crippen LogP contribution in [0.5, 0.6) is 17.2 Å². The first-order chi connectivity index (χ1) is 17.4. The Morgan fingerprint density at radius 3 is 2.44 bits per heavy atom. The van der Waals surface area contributed by atoms with Crippen molar-refractivity contribution in [3.05, 3.63) is 81.8 Å². The van der Waals surface area contributed by atoms with Crippen molar-refractivity contribution in [3.63, 3.8) is 0 Å². The molecular weight excluding hydrogens is 528 g/mol. The van der Waals surface area contributed by atoms with Crippen molar-refractivity contribution in [3.8, 4) is 23.3 Å². The topological polar surface area (TPSA) is 122 Å². The summed E-state index contributed by atoms with van der Waals surface area (Å²) < 4.78 is 17.1. The standard InChI is InChI=1S/C26H23BrN4O5/c1-34-22-6-4-3-5-21(22)30-24(32)13-25(33)31-29-15-19-11-20(27)26(23(12-19)35-2)36-16-18-9-7-17(14-28)8-10-18/h3-12,15H,13,16H2,1-2H3,(H,30,32)(H,31,33). The van der Waals surface area contributed by atoms with E-state index in [9.17, 15) is 9.59 Å². The molecule has 0 aliphatic carbocycles. The Balaban J connectivity index is 1.57. The highest BCUT2D eigenvalue weighted by molar-refractivity contribution is 9.10. The largest absolute Gasteiger partial charge is 0.495 e. The monoisotopic (exact) mass is 550 g/mol. The Hall–Kier alpha value is -4.36. The van der Waals surface area contributed by atoms with Gasteiger partial charge in [-0.3, -0.25) is 9.59 Å². The number of rotatable bonds is 10. The first-order valence-electron chi connectivity index (χ1n) is 10.7. The van der Waals surface area contributed by atoms with E-state index in [1.807, 2.05) is 12.1 Å². The smallest absolute Gasteiger partial charge is 0.249 e. The van der Waals surface area contributed by atoms with Gasteiger partial charge < -0.3 is 19.5 Å². The predicted molar refractivity (Wildman–Crippen MR) is 138 cm³/mol. The van der Waals surface area contributed by atoms with E-state index < -0.39 is 18.2 Å². The van der Waals surface area contributed by atoms with E-state index in [0.29, 0.717) is 38.5 Å².